The first-order valence-electron chi connectivity index (χ1n) is 3.52. The molecular weight excluding hydrogens is 160 g/mol. The van der Waals surface area contributed by atoms with E-state index in [4.69, 9.17) is 12.2 Å². The maximum Gasteiger partial charge on any atom is 0.249 e. The van der Waals surface area contributed by atoms with E-state index in [1.165, 1.54) is 0 Å². The fraction of sp³-hybridized carbons (Fsp3) is 0.714. The summed E-state index contributed by atoms with van der Waals surface area (Å²) in [4.78, 5) is 11.2. The summed E-state index contributed by atoms with van der Waals surface area (Å²) in [6.07, 6.45) is 0. The summed E-state index contributed by atoms with van der Waals surface area (Å²) in [6, 6.07) is -0.185. The van der Waals surface area contributed by atoms with Gasteiger partial charge in [-0.15, -0.1) is 0 Å². The van der Waals surface area contributed by atoms with Crippen LogP contribution in [0.25, 0.3) is 0 Å². The molecule has 1 fully saturated rings. The Kier molecular flexibility index (Phi) is 1.88. The van der Waals surface area contributed by atoms with Crippen LogP contribution in [0.5, 0.6) is 0 Å². The molecule has 0 saturated carbocycles. The van der Waals surface area contributed by atoms with Crippen molar-refractivity contribution in [3.8, 4) is 0 Å². The van der Waals surface area contributed by atoms with Crippen LogP contribution in [0.4, 0.5) is 0 Å². The highest BCUT2D eigenvalue weighted by Crippen LogP contribution is 2.21. The first kappa shape index (κ1) is 8.46. The average Bonchev–Trinajstić information content (AvgIpc) is 2.08. The highest BCUT2D eigenvalue weighted by Gasteiger charge is 2.36. The van der Waals surface area contributed by atoms with Crippen LogP contribution in [0.3, 0.4) is 0 Å². The standard InChI is InChI=1S/C7H12N2OS/c1-7(2,3)4-5(10)9-6(11)8-4/h4H,1-3H3,(H2,8,9,10,11). The second kappa shape index (κ2) is 2.44. The van der Waals surface area contributed by atoms with Crippen molar-refractivity contribution >= 4 is 23.2 Å². The van der Waals surface area contributed by atoms with E-state index in [9.17, 15) is 4.79 Å². The van der Waals surface area contributed by atoms with Crippen LogP contribution < -0.4 is 10.6 Å². The zero-order valence-electron chi connectivity index (χ0n) is 6.89. The Morgan fingerprint density at radius 2 is 2.00 bits per heavy atom. The SMILES string of the molecule is CC(C)(C)C1NC(=S)NC1=O. The van der Waals surface area contributed by atoms with Gasteiger partial charge in [0.05, 0.1) is 0 Å². The summed E-state index contributed by atoms with van der Waals surface area (Å²) >= 11 is 4.80. The monoisotopic (exact) mass is 172 g/mol. The van der Waals surface area contributed by atoms with Crippen molar-refractivity contribution in [3.63, 3.8) is 0 Å². The van der Waals surface area contributed by atoms with Crippen molar-refractivity contribution in [2.75, 3.05) is 0 Å². The van der Waals surface area contributed by atoms with E-state index in [-0.39, 0.29) is 17.4 Å². The van der Waals surface area contributed by atoms with Crippen LogP contribution in [0.15, 0.2) is 0 Å². The largest absolute Gasteiger partial charge is 0.350 e. The van der Waals surface area contributed by atoms with Gasteiger partial charge in [0.25, 0.3) is 0 Å². The van der Waals surface area contributed by atoms with Crippen LogP contribution in [-0.2, 0) is 4.79 Å². The number of hydrogen-bond acceptors (Lipinski definition) is 2. The molecule has 3 nitrogen and oxygen atoms in total. The summed E-state index contributed by atoms with van der Waals surface area (Å²) in [5, 5.41) is 5.91. The highest BCUT2D eigenvalue weighted by atomic mass is 32.1. The van der Waals surface area contributed by atoms with Crippen LogP contribution in [-0.4, -0.2) is 17.1 Å². The molecule has 1 rings (SSSR count). The van der Waals surface area contributed by atoms with Crippen molar-refractivity contribution in [2.45, 2.75) is 26.8 Å². The van der Waals surface area contributed by atoms with Crippen LogP contribution in [0.1, 0.15) is 20.8 Å². The summed E-state index contributed by atoms with van der Waals surface area (Å²) in [5.74, 6) is -0.0255. The van der Waals surface area contributed by atoms with Crippen molar-refractivity contribution in [1.82, 2.24) is 10.6 Å². The second-order valence-electron chi connectivity index (χ2n) is 3.76. The summed E-state index contributed by atoms with van der Waals surface area (Å²) in [5.41, 5.74) is -0.0787. The van der Waals surface area contributed by atoms with Gasteiger partial charge in [0, 0.05) is 0 Å². The van der Waals surface area contributed by atoms with E-state index in [0.717, 1.165) is 0 Å². The van der Waals surface area contributed by atoms with Gasteiger partial charge in [0.1, 0.15) is 6.04 Å². The normalized spacial score (nSPS) is 24.8. The molecular formula is C7H12N2OS. The lowest BCUT2D eigenvalue weighted by Gasteiger charge is -2.23. The molecule has 11 heavy (non-hydrogen) atoms. The van der Waals surface area contributed by atoms with Gasteiger partial charge in [-0.2, -0.15) is 0 Å². The molecule has 0 radical (unpaired) electrons. The molecule has 0 spiro atoms. The Hall–Kier alpha value is -0.640. The van der Waals surface area contributed by atoms with Gasteiger partial charge in [0.2, 0.25) is 5.91 Å². The van der Waals surface area contributed by atoms with E-state index in [0.29, 0.717) is 5.11 Å². The number of carbonyl (C=O) groups is 1. The van der Waals surface area contributed by atoms with Gasteiger partial charge >= 0.3 is 0 Å². The Labute approximate surface area is 71.5 Å². The second-order valence-corrected chi connectivity index (χ2v) is 4.17. The molecule has 0 aromatic carbocycles. The Bertz CT molecular complexity index is 207. The van der Waals surface area contributed by atoms with Crippen LogP contribution in [0, 0.1) is 5.41 Å². The first-order chi connectivity index (χ1) is 4.91. The zero-order valence-corrected chi connectivity index (χ0v) is 7.71. The molecule has 1 heterocycles. The lowest BCUT2D eigenvalue weighted by atomic mass is 9.87. The summed E-state index contributed by atoms with van der Waals surface area (Å²) in [7, 11) is 0. The minimum absolute atomic E-state index is 0.0255. The van der Waals surface area contributed by atoms with Gasteiger partial charge < -0.3 is 10.6 Å². The Morgan fingerprint density at radius 3 is 2.18 bits per heavy atom. The molecule has 4 heteroatoms. The summed E-state index contributed by atoms with van der Waals surface area (Å²) in [6.45, 7) is 5.99. The molecule has 1 amide bonds. The number of thiocarbonyl (C=S) groups is 1. The molecule has 1 aliphatic heterocycles. The average molecular weight is 172 g/mol. The van der Waals surface area contributed by atoms with Crippen LogP contribution in [0.2, 0.25) is 0 Å². The highest BCUT2D eigenvalue weighted by molar-refractivity contribution is 7.80. The zero-order chi connectivity index (χ0) is 8.65. The van der Waals surface area contributed by atoms with E-state index in [1.54, 1.807) is 0 Å². The predicted molar refractivity (Wildman–Crippen MR) is 47.1 cm³/mol. The van der Waals surface area contributed by atoms with Crippen molar-refractivity contribution < 1.29 is 4.79 Å². The quantitative estimate of drug-likeness (QED) is 0.520. The molecule has 0 aromatic rings. The maximum atomic E-state index is 11.2. The van der Waals surface area contributed by atoms with Crippen molar-refractivity contribution in [1.29, 1.82) is 0 Å². The van der Waals surface area contributed by atoms with Crippen molar-refractivity contribution in [3.05, 3.63) is 0 Å². The maximum absolute atomic E-state index is 11.2. The third-order valence-corrected chi connectivity index (χ3v) is 1.86. The number of amides is 1. The minimum Gasteiger partial charge on any atom is -0.350 e. The number of rotatable bonds is 0. The topological polar surface area (TPSA) is 41.1 Å². The van der Waals surface area contributed by atoms with Gasteiger partial charge in [-0.3, -0.25) is 4.79 Å². The smallest absolute Gasteiger partial charge is 0.249 e. The lowest BCUT2D eigenvalue weighted by Crippen LogP contribution is -2.40. The molecule has 0 aromatic heterocycles. The van der Waals surface area contributed by atoms with Gasteiger partial charge in [-0.05, 0) is 17.6 Å². The Morgan fingerprint density at radius 1 is 1.45 bits per heavy atom. The molecule has 62 valence electrons. The number of hydrogen-bond donors (Lipinski definition) is 2. The van der Waals surface area contributed by atoms with Gasteiger partial charge in [0.15, 0.2) is 5.11 Å². The molecule has 1 unspecified atom stereocenters. The predicted octanol–water partition coefficient (Wildman–Crippen LogP) is 0.405. The lowest BCUT2D eigenvalue weighted by molar-refractivity contribution is -0.122. The Balaban J connectivity index is 2.76. The number of carbonyl (C=O) groups excluding carboxylic acids is 1. The van der Waals surface area contributed by atoms with Gasteiger partial charge in [-0.1, -0.05) is 20.8 Å². The molecule has 0 bridgehead atoms. The van der Waals surface area contributed by atoms with E-state index >= 15 is 0 Å². The van der Waals surface area contributed by atoms with Gasteiger partial charge in [-0.25, -0.2) is 0 Å². The van der Waals surface area contributed by atoms with E-state index in [2.05, 4.69) is 10.6 Å². The van der Waals surface area contributed by atoms with Crippen LogP contribution >= 0.6 is 12.2 Å². The van der Waals surface area contributed by atoms with Crippen molar-refractivity contribution in [2.24, 2.45) is 5.41 Å². The molecule has 1 atom stereocenters. The molecule has 1 aliphatic rings. The molecule has 0 aliphatic carbocycles. The minimum atomic E-state index is -0.185. The molecule has 2 N–H and O–H groups in total. The van der Waals surface area contributed by atoms with E-state index < -0.39 is 0 Å². The third kappa shape index (κ3) is 1.68. The third-order valence-electron chi connectivity index (χ3n) is 1.64. The summed E-state index contributed by atoms with van der Waals surface area (Å²) < 4.78 is 0. The fourth-order valence-corrected chi connectivity index (χ4v) is 1.25. The molecule has 1 saturated heterocycles. The van der Waals surface area contributed by atoms with E-state index in [1.807, 2.05) is 20.8 Å². The number of nitrogens with one attached hydrogen (secondary N) is 2. The fourth-order valence-electron chi connectivity index (χ4n) is 1.03. The first-order valence-corrected chi connectivity index (χ1v) is 3.93.